The normalized spacial score (nSPS) is 13.8. The molecule has 1 aliphatic rings. The highest BCUT2D eigenvalue weighted by Crippen LogP contribution is 2.36. The number of rotatable bonds is 1. The molecule has 0 radical (unpaired) electrons. The number of para-hydroxylation sites is 2. The largest absolute Gasteiger partial charge is 0.325 e. The summed E-state index contributed by atoms with van der Waals surface area (Å²) in [6.45, 7) is 0.927. The molecule has 0 atom stereocenters. The molecule has 0 unspecified atom stereocenters. The van der Waals surface area contributed by atoms with Gasteiger partial charge in [-0.15, -0.1) is 0 Å². The Kier molecular flexibility index (Phi) is 2.60. The first kappa shape index (κ1) is 11.7. The Labute approximate surface area is 121 Å². The van der Waals surface area contributed by atoms with E-state index in [1.54, 1.807) is 0 Å². The number of hydrogen-bond donors (Lipinski definition) is 0. The van der Waals surface area contributed by atoms with Crippen LogP contribution in [0.3, 0.4) is 0 Å². The maximum absolute atomic E-state index is 6.08. The molecule has 0 fully saturated rings. The summed E-state index contributed by atoms with van der Waals surface area (Å²) in [5.74, 6) is 0.894. The van der Waals surface area contributed by atoms with E-state index in [0.29, 0.717) is 5.28 Å². The van der Waals surface area contributed by atoms with E-state index in [4.69, 9.17) is 11.6 Å². The fourth-order valence-electron chi connectivity index (χ4n) is 2.80. The smallest absolute Gasteiger partial charge is 0.224 e. The number of fused-ring (bicyclic) bond motifs is 2. The van der Waals surface area contributed by atoms with Crippen molar-refractivity contribution in [2.75, 3.05) is 11.4 Å². The van der Waals surface area contributed by atoms with Crippen molar-refractivity contribution in [2.45, 2.75) is 6.42 Å². The molecule has 0 saturated heterocycles. The SMILES string of the molecule is Clc1nc(N2CCc3ccccc32)c2ccccc2n1. The molecule has 3 nitrogen and oxygen atoms in total. The Morgan fingerprint density at radius 2 is 1.75 bits per heavy atom. The number of anilines is 2. The van der Waals surface area contributed by atoms with Crippen molar-refractivity contribution >= 4 is 34.0 Å². The van der Waals surface area contributed by atoms with Gasteiger partial charge in [-0.1, -0.05) is 30.3 Å². The number of benzene rings is 2. The zero-order valence-corrected chi connectivity index (χ0v) is 11.5. The van der Waals surface area contributed by atoms with Crippen LogP contribution in [0.15, 0.2) is 48.5 Å². The van der Waals surface area contributed by atoms with Crippen LogP contribution in [0.2, 0.25) is 5.28 Å². The molecule has 0 saturated carbocycles. The van der Waals surface area contributed by atoms with Crippen molar-refractivity contribution < 1.29 is 0 Å². The van der Waals surface area contributed by atoms with Crippen LogP contribution in [0.5, 0.6) is 0 Å². The van der Waals surface area contributed by atoms with Crippen LogP contribution in [0.1, 0.15) is 5.56 Å². The van der Waals surface area contributed by atoms with Crippen LogP contribution < -0.4 is 4.90 Å². The summed E-state index contributed by atoms with van der Waals surface area (Å²) in [6, 6.07) is 16.4. The molecule has 1 aliphatic heterocycles. The summed E-state index contributed by atoms with van der Waals surface area (Å²) < 4.78 is 0. The Morgan fingerprint density at radius 3 is 2.70 bits per heavy atom. The topological polar surface area (TPSA) is 29.0 Å². The highest BCUT2D eigenvalue weighted by molar-refractivity contribution is 6.28. The van der Waals surface area contributed by atoms with Crippen LogP contribution in [0.25, 0.3) is 10.9 Å². The molecule has 0 amide bonds. The van der Waals surface area contributed by atoms with Gasteiger partial charge < -0.3 is 4.90 Å². The van der Waals surface area contributed by atoms with Gasteiger partial charge in [0.15, 0.2) is 0 Å². The molecule has 3 aromatic rings. The van der Waals surface area contributed by atoms with E-state index in [1.807, 2.05) is 24.3 Å². The fourth-order valence-corrected chi connectivity index (χ4v) is 2.97. The van der Waals surface area contributed by atoms with E-state index in [2.05, 4.69) is 39.1 Å². The molecule has 2 aromatic carbocycles. The van der Waals surface area contributed by atoms with Gasteiger partial charge in [-0.05, 0) is 41.8 Å². The van der Waals surface area contributed by atoms with Gasteiger partial charge in [-0.2, -0.15) is 4.98 Å². The monoisotopic (exact) mass is 281 g/mol. The molecule has 0 spiro atoms. The maximum atomic E-state index is 6.08. The van der Waals surface area contributed by atoms with Gasteiger partial charge in [-0.25, -0.2) is 4.98 Å². The van der Waals surface area contributed by atoms with E-state index >= 15 is 0 Å². The molecule has 0 bridgehead atoms. The van der Waals surface area contributed by atoms with Crippen molar-refractivity contribution in [3.63, 3.8) is 0 Å². The molecule has 98 valence electrons. The average Bonchev–Trinajstić information content (AvgIpc) is 2.90. The Bertz CT molecular complexity index is 801. The van der Waals surface area contributed by atoms with Crippen molar-refractivity contribution in [3.05, 3.63) is 59.4 Å². The third kappa shape index (κ3) is 1.74. The molecule has 0 N–H and O–H groups in total. The van der Waals surface area contributed by atoms with Crippen LogP contribution in [0.4, 0.5) is 11.5 Å². The molecule has 4 rings (SSSR count). The molecule has 0 aliphatic carbocycles. The van der Waals surface area contributed by atoms with Crippen molar-refractivity contribution in [1.29, 1.82) is 0 Å². The van der Waals surface area contributed by atoms with E-state index in [-0.39, 0.29) is 0 Å². The van der Waals surface area contributed by atoms with Crippen LogP contribution in [0, 0.1) is 0 Å². The molecule has 1 aromatic heterocycles. The lowest BCUT2D eigenvalue weighted by atomic mass is 10.2. The zero-order chi connectivity index (χ0) is 13.5. The standard InChI is InChI=1S/C16H12ClN3/c17-16-18-13-7-3-2-6-12(13)15(19-16)20-10-9-11-5-1-4-8-14(11)20/h1-8H,9-10H2. The summed E-state index contributed by atoms with van der Waals surface area (Å²) in [4.78, 5) is 11.0. The molecular formula is C16H12ClN3. The van der Waals surface area contributed by atoms with Gasteiger partial charge in [0.25, 0.3) is 0 Å². The number of halogens is 1. The van der Waals surface area contributed by atoms with Crippen LogP contribution in [-0.4, -0.2) is 16.5 Å². The number of nitrogens with zero attached hydrogens (tertiary/aromatic N) is 3. The first-order valence-electron chi connectivity index (χ1n) is 6.61. The lowest BCUT2D eigenvalue weighted by Crippen LogP contribution is -2.15. The number of aromatic nitrogens is 2. The number of hydrogen-bond acceptors (Lipinski definition) is 3. The third-order valence-electron chi connectivity index (χ3n) is 3.70. The molecule has 4 heteroatoms. The van der Waals surface area contributed by atoms with Gasteiger partial charge in [-0.3, -0.25) is 0 Å². The molecule has 20 heavy (non-hydrogen) atoms. The second-order valence-electron chi connectivity index (χ2n) is 4.86. The Morgan fingerprint density at radius 1 is 0.950 bits per heavy atom. The summed E-state index contributed by atoms with van der Waals surface area (Å²) in [5.41, 5.74) is 3.45. The van der Waals surface area contributed by atoms with Gasteiger partial charge in [0.2, 0.25) is 5.28 Å². The molecule has 2 heterocycles. The summed E-state index contributed by atoms with van der Waals surface area (Å²) in [7, 11) is 0. The van der Waals surface area contributed by atoms with Gasteiger partial charge >= 0.3 is 0 Å². The van der Waals surface area contributed by atoms with E-state index in [1.165, 1.54) is 11.3 Å². The predicted molar refractivity (Wildman–Crippen MR) is 81.7 cm³/mol. The van der Waals surface area contributed by atoms with E-state index in [0.717, 1.165) is 29.7 Å². The second-order valence-corrected chi connectivity index (χ2v) is 5.20. The second kappa shape index (κ2) is 4.46. The highest BCUT2D eigenvalue weighted by atomic mass is 35.5. The lowest BCUT2D eigenvalue weighted by molar-refractivity contribution is 0.975. The first-order valence-corrected chi connectivity index (χ1v) is 6.98. The van der Waals surface area contributed by atoms with E-state index < -0.39 is 0 Å². The van der Waals surface area contributed by atoms with Crippen molar-refractivity contribution in [2.24, 2.45) is 0 Å². The lowest BCUT2D eigenvalue weighted by Gasteiger charge is -2.20. The minimum absolute atomic E-state index is 0.295. The van der Waals surface area contributed by atoms with Gasteiger partial charge in [0.1, 0.15) is 5.82 Å². The van der Waals surface area contributed by atoms with Crippen LogP contribution >= 0.6 is 11.6 Å². The van der Waals surface area contributed by atoms with Crippen LogP contribution in [-0.2, 0) is 6.42 Å². The predicted octanol–water partition coefficient (Wildman–Crippen LogP) is 3.98. The van der Waals surface area contributed by atoms with E-state index in [9.17, 15) is 0 Å². The highest BCUT2D eigenvalue weighted by Gasteiger charge is 2.23. The summed E-state index contributed by atoms with van der Waals surface area (Å²) in [6.07, 6.45) is 1.03. The third-order valence-corrected chi connectivity index (χ3v) is 3.87. The minimum Gasteiger partial charge on any atom is -0.325 e. The van der Waals surface area contributed by atoms with Gasteiger partial charge in [0.05, 0.1) is 5.52 Å². The Hall–Kier alpha value is -2.13. The zero-order valence-electron chi connectivity index (χ0n) is 10.8. The quantitative estimate of drug-likeness (QED) is 0.632. The fraction of sp³-hybridized carbons (Fsp3) is 0.125. The average molecular weight is 282 g/mol. The Balaban J connectivity index is 1.96. The van der Waals surface area contributed by atoms with Crippen molar-refractivity contribution in [1.82, 2.24) is 9.97 Å². The maximum Gasteiger partial charge on any atom is 0.224 e. The van der Waals surface area contributed by atoms with Crippen molar-refractivity contribution in [3.8, 4) is 0 Å². The minimum atomic E-state index is 0.295. The summed E-state index contributed by atoms with van der Waals surface area (Å²) >= 11 is 6.08. The van der Waals surface area contributed by atoms with Gasteiger partial charge in [0, 0.05) is 17.6 Å². The first-order chi connectivity index (χ1) is 9.83. The summed E-state index contributed by atoms with van der Waals surface area (Å²) in [5, 5.41) is 1.33. The molecular weight excluding hydrogens is 270 g/mol.